The van der Waals surface area contributed by atoms with E-state index in [2.05, 4.69) is 5.32 Å². The van der Waals surface area contributed by atoms with Gasteiger partial charge in [0.25, 0.3) is 10.0 Å². The van der Waals surface area contributed by atoms with Gasteiger partial charge in [-0.2, -0.15) is 0 Å². The van der Waals surface area contributed by atoms with Crippen molar-refractivity contribution in [2.24, 2.45) is 0 Å². The molecule has 224 valence electrons. The first kappa shape index (κ1) is 31.8. The average Bonchev–Trinajstić information content (AvgIpc) is 2.98. The van der Waals surface area contributed by atoms with Gasteiger partial charge in [0.15, 0.2) is 0 Å². The van der Waals surface area contributed by atoms with Crippen molar-refractivity contribution >= 4 is 50.7 Å². The van der Waals surface area contributed by atoms with E-state index in [1.54, 1.807) is 37.3 Å². The Balaban J connectivity index is 1.72. The number of halogens is 3. The molecule has 4 rings (SSSR count). The molecule has 11 heteroatoms. The molecule has 3 aromatic rings. The second kappa shape index (κ2) is 14.4. The Labute approximate surface area is 256 Å². The molecular weight excluding hydrogens is 600 g/mol. The summed E-state index contributed by atoms with van der Waals surface area (Å²) in [5.74, 6) is -1.82. The number of hydrogen-bond donors (Lipinski definition) is 1. The molecule has 2 amide bonds. The highest BCUT2D eigenvalue weighted by Gasteiger charge is 2.35. The van der Waals surface area contributed by atoms with E-state index in [9.17, 15) is 18.0 Å². The van der Waals surface area contributed by atoms with Crippen LogP contribution in [0.1, 0.15) is 51.0 Å². The number of rotatable bonds is 11. The molecule has 1 saturated carbocycles. The van der Waals surface area contributed by atoms with Crippen molar-refractivity contribution in [1.82, 2.24) is 10.2 Å². The van der Waals surface area contributed by atoms with Gasteiger partial charge in [0.1, 0.15) is 18.4 Å². The summed E-state index contributed by atoms with van der Waals surface area (Å²) in [4.78, 5) is 29.0. The van der Waals surface area contributed by atoms with Crippen LogP contribution < -0.4 is 9.62 Å². The number of anilines is 1. The second-order valence-corrected chi connectivity index (χ2v) is 13.0. The van der Waals surface area contributed by atoms with Gasteiger partial charge in [0.05, 0.1) is 10.6 Å². The minimum Gasteiger partial charge on any atom is -0.352 e. The van der Waals surface area contributed by atoms with Gasteiger partial charge in [-0.1, -0.05) is 85.8 Å². The highest BCUT2D eigenvalue weighted by Crippen LogP contribution is 2.28. The van der Waals surface area contributed by atoms with E-state index in [0.717, 1.165) is 42.5 Å². The fourth-order valence-electron chi connectivity index (χ4n) is 5.18. The Hall–Kier alpha value is -3.14. The maximum absolute atomic E-state index is 15.1. The third-order valence-corrected chi connectivity index (χ3v) is 9.79. The highest BCUT2D eigenvalue weighted by molar-refractivity contribution is 7.92. The number of amides is 2. The SMILES string of the molecule is CCC(C(=O)NC1CCCCC1)N(Cc1ccc(Cl)cc1Cl)C(=O)CN(c1ccccc1F)S(=O)(=O)c1ccccc1. The average molecular weight is 635 g/mol. The molecule has 42 heavy (non-hydrogen) atoms. The van der Waals surface area contributed by atoms with Gasteiger partial charge in [-0.05, 0) is 61.2 Å². The van der Waals surface area contributed by atoms with Gasteiger partial charge in [0.2, 0.25) is 11.8 Å². The van der Waals surface area contributed by atoms with Crippen LogP contribution in [0.5, 0.6) is 0 Å². The second-order valence-electron chi connectivity index (χ2n) is 10.3. The van der Waals surface area contributed by atoms with Gasteiger partial charge < -0.3 is 10.2 Å². The van der Waals surface area contributed by atoms with Crippen LogP contribution in [0.4, 0.5) is 10.1 Å². The fourth-order valence-corrected chi connectivity index (χ4v) is 7.10. The van der Waals surface area contributed by atoms with Crippen molar-refractivity contribution in [2.45, 2.75) is 69.0 Å². The first-order chi connectivity index (χ1) is 20.1. The number of carbonyl (C=O) groups is 2. The number of carbonyl (C=O) groups excluding carboxylic acids is 2. The largest absolute Gasteiger partial charge is 0.352 e. The monoisotopic (exact) mass is 633 g/mol. The van der Waals surface area contributed by atoms with Crippen LogP contribution in [-0.2, 0) is 26.2 Å². The summed E-state index contributed by atoms with van der Waals surface area (Å²) >= 11 is 12.5. The van der Waals surface area contributed by atoms with Crippen molar-refractivity contribution in [3.8, 4) is 0 Å². The fraction of sp³-hybridized carbons (Fsp3) is 0.355. The summed E-state index contributed by atoms with van der Waals surface area (Å²) in [5.41, 5.74) is 0.251. The molecule has 1 unspecified atom stereocenters. The van der Waals surface area contributed by atoms with E-state index in [0.29, 0.717) is 15.6 Å². The molecule has 1 atom stereocenters. The summed E-state index contributed by atoms with van der Waals surface area (Å²) in [6.45, 7) is 0.961. The molecule has 1 aliphatic carbocycles. The molecule has 7 nitrogen and oxygen atoms in total. The van der Waals surface area contributed by atoms with Crippen molar-refractivity contribution in [1.29, 1.82) is 0 Å². The molecule has 0 spiro atoms. The molecule has 1 N–H and O–H groups in total. The van der Waals surface area contributed by atoms with E-state index >= 15 is 4.39 Å². The predicted octanol–water partition coefficient (Wildman–Crippen LogP) is 6.58. The van der Waals surface area contributed by atoms with Crippen LogP contribution in [0, 0.1) is 5.82 Å². The summed E-state index contributed by atoms with van der Waals surface area (Å²) in [6, 6.07) is 16.8. The van der Waals surface area contributed by atoms with Crippen LogP contribution in [-0.4, -0.2) is 43.8 Å². The Kier molecular flexibility index (Phi) is 10.9. The number of benzene rings is 3. The van der Waals surface area contributed by atoms with Crippen molar-refractivity contribution < 1.29 is 22.4 Å². The van der Waals surface area contributed by atoms with E-state index in [4.69, 9.17) is 23.2 Å². The third-order valence-electron chi connectivity index (χ3n) is 7.42. The molecule has 0 radical (unpaired) electrons. The lowest BCUT2D eigenvalue weighted by Crippen LogP contribution is -2.54. The van der Waals surface area contributed by atoms with Crippen LogP contribution in [0.25, 0.3) is 0 Å². The third kappa shape index (κ3) is 7.62. The number of nitrogens with zero attached hydrogens (tertiary/aromatic N) is 2. The molecule has 0 saturated heterocycles. The highest BCUT2D eigenvalue weighted by atomic mass is 35.5. The van der Waals surface area contributed by atoms with Crippen LogP contribution >= 0.6 is 23.2 Å². The zero-order valence-electron chi connectivity index (χ0n) is 23.3. The summed E-state index contributed by atoms with van der Waals surface area (Å²) in [6.07, 6.45) is 5.12. The first-order valence-electron chi connectivity index (χ1n) is 14.0. The molecule has 3 aromatic carbocycles. The number of sulfonamides is 1. The lowest BCUT2D eigenvalue weighted by molar-refractivity contribution is -0.140. The Morgan fingerprint density at radius 3 is 2.29 bits per heavy atom. The zero-order chi connectivity index (χ0) is 30.3. The predicted molar refractivity (Wildman–Crippen MR) is 163 cm³/mol. The quantitative estimate of drug-likeness (QED) is 0.258. The Morgan fingerprint density at radius 1 is 0.976 bits per heavy atom. The molecule has 0 heterocycles. The van der Waals surface area contributed by atoms with Gasteiger partial charge in [-0.3, -0.25) is 13.9 Å². The lowest BCUT2D eigenvalue weighted by atomic mass is 9.95. The molecule has 0 bridgehead atoms. The van der Waals surface area contributed by atoms with E-state index < -0.39 is 34.3 Å². The van der Waals surface area contributed by atoms with E-state index in [-0.39, 0.29) is 35.5 Å². The van der Waals surface area contributed by atoms with Crippen molar-refractivity contribution in [3.63, 3.8) is 0 Å². The normalized spacial score (nSPS) is 14.7. The van der Waals surface area contributed by atoms with Crippen LogP contribution in [0.3, 0.4) is 0 Å². The smallest absolute Gasteiger partial charge is 0.264 e. The van der Waals surface area contributed by atoms with Gasteiger partial charge >= 0.3 is 0 Å². The number of hydrogen-bond acceptors (Lipinski definition) is 4. The molecule has 1 fully saturated rings. The van der Waals surface area contributed by atoms with Crippen molar-refractivity contribution in [2.75, 3.05) is 10.8 Å². The molecule has 1 aliphatic rings. The lowest BCUT2D eigenvalue weighted by Gasteiger charge is -2.34. The van der Waals surface area contributed by atoms with E-state index in [1.165, 1.54) is 41.3 Å². The van der Waals surface area contributed by atoms with Gasteiger partial charge in [0, 0.05) is 22.6 Å². The zero-order valence-corrected chi connectivity index (χ0v) is 25.6. The van der Waals surface area contributed by atoms with Crippen LogP contribution in [0.15, 0.2) is 77.7 Å². The minimum atomic E-state index is -4.37. The topological polar surface area (TPSA) is 86.8 Å². The maximum Gasteiger partial charge on any atom is 0.264 e. The molecular formula is C31H34Cl2FN3O4S. The van der Waals surface area contributed by atoms with Gasteiger partial charge in [-0.15, -0.1) is 0 Å². The molecule has 0 aromatic heterocycles. The molecule has 0 aliphatic heterocycles. The summed E-state index contributed by atoms with van der Waals surface area (Å²) in [7, 11) is -4.37. The first-order valence-corrected chi connectivity index (χ1v) is 16.2. The standard InChI is InChI=1S/C31H34Cl2FN3O4S/c1-2-28(31(39)35-24-11-5-3-6-12-24)36(20-22-17-18-23(32)19-26(22)33)30(38)21-37(29-16-10-9-15-27(29)34)42(40,41)25-13-7-4-8-14-25/h4,7-10,13-19,24,28H,2-3,5-6,11-12,20-21H2,1H3,(H,35,39). The van der Waals surface area contributed by atoms with Crippen LogP contribution in [0.2, 0.25) is 10.0 Å². The Bertz CT molecular complexity index is 1500. The number of para-hydroxylation sites is 1. The van der Waals surface area contributed by atoms with Gasteiger partial charge in [-0.25, -0.2) is 12.8 Å². The number of nitrogens with one attached hydrogen (secondary N) is 1. The minimum absolute atomic E-state index is 0.00439. The summed E-state index contributed by atoms with van der Waals surface area (Å²) < 4.78 is 43.4. The maximum atomic E-state index is 15.1. The Morgan fingerprint density at radius 2 is 1.64 bits per heavy atom. The van der Waals surface area contributed by atoms with Crippen molar-refractivity contribution in [3.05, 3.63) is 94.2 Å². The van der Waals surface area contributed by atoms with E-state index in [1.807, 2.05) is 0 Å². The summed E-state index contributed by atoms with van der Waals surface area (Å²) in [5, 5.41) is 3.79.